The quantitative estimate of drug-likeness (QED) is 0.318. The number of anilines is 1. The van der Waals surface area contributed by atoms with E-state index in [0.717, 1.165) is 10.0 Å². The standard InChI is InChI=1S/C16H15BrF3N3O2.HI/c1-24-13-7-6-11(17)8-10(13)9-22-15(21)23-12-4-2-3-5-14(12)25-16(18,19)20;/h2-8H,9H2,1H3,(H3,21,22,23);1H. The van der Waals surface area contributed by atoms with Crippen LogP contribution in [0.25, 0.3) is 0 Å². The molecule has 0 fully saturated rings. The van der Waals surface area contributed by atoms with E-state index in [-0.39, 0.29) is 42.2 Å². The summed E-state index contributed by atoms with van der Waals surface area (Å²) < 4.78 is 47.3. The van der Waals surface area contributed by atoms with Gasteiger partial charge in [0.1, 0.15) is 5.75 Å². The Balaban J connectivity index is 0.00000338. The summed E-state index contributed by atoms with van der Waals surface area (Å²) in [6.07, 6.45) is -4.80. The number of nitrogens with one attached hydrogen (secondary N) is 1. The number of methoxy groups -OCH3 is 1. The molecule has 26 heavy (non-hydrogen) atoms. The van der Waals surface area contributed by atoms with E-state index < -0.39 is 12.1 Å². The van der Waals surface area contributed by atoms with Crippen LogP contribution in [0.5, 0.6) is 11.5 Å². The van der Waals surface area contributed by atoms with Crippen molar-refractivity contribution < 1.29 is 22.6 Å². The topological polar surface area (TPSA) is 68.9 Å². The van der Waals surface area contributed by atoms with Gasteiger partial charge in [0.25, 0.3) is 0 Å². The second kappa shape index (κ2) is 9.86. The predicted molar refractivity (Wildman–Crippen MR) is 108 cm³/mol. The third-order valence-electron chi connectivity index (χ3n) is 3.04. The maximum atomic E-state index is 12.4. The Bertz CT molecular complexity index is 773. The highest BCUT2D eigenvalue weighted by Crippen LogP contribution is 2.30. The Morgan fingerprint density at radius 2 is 1.88 bits per heavy atom. The predicted octanol–water partition coefficient (Wildman–Crippen LogP) is 4.90. The van der Waals surface area contributed by atoms with E-state index in [0.29, 0.717) is 5.75 Å². The minimum absolute atomic E-state index is 0. The van der Waals surface area contributed by atoms with Gasteiger partial charge in [-0.05, 0) is 30.3 Å². The van der Waals surface area contributed by atoms with Crippen molar-refractivity contribution in [3.8, 4) is 11.5 Å². The van der Waals surface area contributed by atoms with E-state index in [1.807, 2.05) is 12.1 Å². The highest BCUT2D eigenvalue weighted by Gasteiger charge is 2.32. The number of hydrogen-bond donors (Lipinski definition) is 2. The molecule has 2 rings (SSSR count). The average molecular weight is 546 g/mol. The Morgan fingerprint density at radius 3 is 2.54 bits per heavy atom. The number of guanidine groups is 1. The maximum Gasteiger partial charge on any atom is 0.573 e. The van der Waals surface area contributed by atoms with E-state index in [1.165, 1.54) is 25.3 Å². The van der Waals surface area contributed by atoms with Crippen LogP contribution in [-0.2, 0) is 6.54 Å². The zero-order chi connectivity index (χ0) is 18.4. The van der Waals surface area contributed by atoms with Gasteiger partial charge in [-0.1, -0.05) is 28.1 Å². The van der Waals surface area contributed by atoms with E-state index >= 15 is 0 Å². The first kappa shape index (κ1) is 22.4. The second-order valence-corrected chi connectivity index (χ2v) is 5.74. The molecule has 0 saturated carbocycles. The highest BCUT2D eigenvalue weighted by atomic mass is 127. The molecule has 10 heteroatoms. The number of aliphatic imine (C=N–C) groups is 1. The van der Waals surface area contributed by atoms with Crippen molar-refractivity contribution in [3.05, 3.63) is 52.5 Å². The SMILES string of the molecule is COc1ccc(Br)cc1CN=C(N)Nc1ccccc1OC(F)(F)F.I. The Labute approximate surface area is 173 Å². The molecule has 0 unspecified atom stereocenters. The molecule has 0 aromatic heterocycles. The lowest BCUT2D eigenvalue weighted by Crippen LogP contribution is -2.24. The maximum absolute atomic E-state index is 12.4. The molecule has 0 bridgehead atoms. The van der Waals surface area contributed by atoms with Gasteiger partial charge in [-0.2, -0.15) is 0 Å². The molecule has 0 aliphatic heterocycles. The fourth-order valence-electron chi connectivity index (χ4n) is 2.00. The number of nitrogens with two attached hydrogens (primary N) is 1. The van der Waals surface area contributed by atoms with Gasteiger partial charge in [-0.15, -0.1) is 37.1 Å². The molecule has 3 N–H and O–H groups in total. The molecule has 0 aliphatic carbocycles. The first-order chi connectivity index (χ1) is 11.8. The summed E-state index contributed by atoms with van der Waals surface area (Å²) in [5, 5.41) is 2.61. The number of hydrogen-bond acceptors (Lipinski definition) is 3. The number of para-hydroxylation sites is 2. The molecule has 0 heterocycles. The zero-order valence-electron chi connectivity index (χ0n) is 13.5. The third kappa shape index (κ3) is 6.90. The lowest BCUT2D eigenvalue weighted by molar-refractivity contribution is -0.274. The molecule has 0 saturated heterocycles. The van der Waals surface area contributed by atoms with Crippen LogP contribution in [-0.4, -0.2) is 19.4 Å². The Hall–Kier alpha value is -1.69. The summed E-state index contributed by atoms with van der Waals surface area (Å²) in [5.74, 6) is 0.175. The highest BCUT2D eigenvalue weighted by molar-refractivity contribution is 14.0. The van der Waals surface area contributed by atoms with Crippen molar-refractivity contribution in [2.24, 2.45) is 10.7 Å². The summed E-state index contributed by atoms with van der Waals surface area (Å²) in [4.78, 5) is 4.12. The van der Waals surface area contributed by atoms with Gasteiger partial charge < -0.3 is 20.5 Å². The fraction of sp³-hybridized carbons (Fsp3) is 0.188. The van der Waals surface area contributed by atoms with Gasteiger partial charge in [0.2, 0.25) is 0 Å². The van der Waals surface area contributed by atoms with Crippen LogP contribution in [0.2, 0.25) is 0 Å². The minimum atomic E-state index is -4.80. The number of rotatable bonds is 5. The lowest BCUT2D eigenvalue weighted by Gasteiger charge is -2.14. The van der Waals surface area contributed by atoms with Gasteiger partial charge in [0.05, 0.1) is 19.3 Å². The first-order valence-electron chi connectivity index (χ1n) is 7.02. The van der Waals surface area contributed by atoms with Crippen molar-refractivity contribution in [3.63, 3.8) is 0 Å². The van der Waals surface area contributed by atoms with Crippen LogP contribution in [0.3, 0.4) is 0 Å². The Morgan fingerprint density at radius 1 is 1.19 bits per heavy atom. The number of benzene rings is 2. The zero-order valence-corrected chi connectivity index (χ0v) is 17.4. The monoisotopic (exact) mass is 545 g/mol. The molecule has 0 amide bonds. The summed E-state index contributed by atoms with van der Waals surface area (Å²) in [5.41, 5.74) is 6.59. The van der Waals surface area contributed by atoms with Gasteiger partial charge in [-0.25, -0.2) is 4.99 Å². The molecule has 142 valence electrons. The molecular weight excluding hydrogens is 530 g/mol. The number of alkyl halides is 3. The summed E-state index contributed by atoms with van der Waals surface area (Å²) in [7, 11) is 1.53. The van der Waals surface area contributed by atoms with Crippen molar-refractivity contribution in [2.45, 2.75) is 12.9 Å². The van der Waals surface area contributed by atoms with Crippen molar-refractivity contribution in [1.29, 1.82) is 0 Å². The average Bonchev–Trinajstić information content (AvgIpc) is 2.53. The van der Waals surface area contributed by atoms with Gasteiger partial charge in [0.15, 0.2) is 11.7 Å². The number of halogens is 5. The van der Waals surface area contributed by atoms with Crippen LogP contribution in [0.1, 0.15) is 5.56 Å². The third-order valence-corrected chi connectivity index (χ3v) is 3.53. The van der Waals surface area contributed by atoms with Crippen LogP contribution in [0.4, 0.5) is 18.9 Å². The molecule has 0 atom stereocenters. The van der Waals surface area contributed by atoms with Crippen LogP contribution < -0.4 is 20.5 Å². The molecule has 2 aromatic rings. The van der Waals surface area contributed by atoms with E-state index in [2.05, 4.69) is 31.0 Å². The summed E-state index contributed by atoms with van der Waals surface area (Å²) in [6, 6.07) is 11.0. The van der Waals surface area contributed by atoms with Crippen LogP contribution >= 0.6 is 39.9 Å². The summed E-state index contributed by atoms with van der Waals surface area (Å²) in [6.45, 7) is 0.184. The minimum Gasteiger partial charge on any atom is -0.496 e. The van der Waals surface area contributed by atoms with Crippen LogP contribution in [0.15, 0.2) is 51.9 Å². The van der Waals surface area contributed by atoms with E-state index in [4.69, 9.17) is 10.5 Å². The van der Waals surface area contributed by atoms with Crippen molar-refractivity contribution >= 4 is 51.6 Å². The van der Waals surface area contributed by atoms with Crippen molar-refractivity contribution in [1.82, 2.24) is 0 Å². The first-order valence-corrected chi connectivity index (χ1v) is 7.82. The smallest absolute Gasteiger partial charge is 0.496 e. The summed E-state index contributed by atoms with van der Waals surface area (Å²) >= 11 is 3.35. The fourth-order valence-corrected chi connectivity index (χ4v) is 2.41. The normalized spacial score (nSPS) is 11.5. The molecular formula is C16H16BrF3IN3O2. The van der Waals surface area contributed by atoms with E-state index in [9.17, 15) is 13.2 Å². The molecule has 0 radical (unpaired) electrons. The number of ether oxygens (including phenoxy) is 2. The molecule has 2 aromatic carbocycles. The number of nitrogens with zero attached hydrogens (tertiary/aromatic N) is 1. The second-order valence-electron chi connectivity index (χ2n) is 4.83. The molecule has 0 aliphatic rings. The van der Waals surface area contributed by atoms with Crippen LogP contribution in [0, 0.1) is 0 Å². The molecule has 0 spiro atoms. The van der Waals surface area contributed by atoms with Crippen molar-refractivity contribution in [2.75, 3.05) is 12.4 Å². The van der Waals surface area contributed by atoms with Gasteiger partial charge in [0, 0.05) is 10.0 Å². The Kier molecular flexibility index (Phi) is 8.47. The molecule has 5 nitrogen and oxygen atoms in total. The largest absolute Gasteiger partial charge is 0.573 e. The van der Waals surface area contributed by atoms with Gasteiger partial charge in [-0.3, -0.25) is 0 Å². The van der Waals surface area contributed by atoms with E-state index in [1.54, 1.807) is 12.1 Å². The van der Waals surface area contributed by atoms with Gasteiger partial charge >= 0.3 is 6.36 Å². The lowest BCUT2D eigenvalue weighted by atomic mass is 10.2.